The molecule has 3 heterocycles. The molecule has 2 fully saturated rings. The summed E-state index contributed by atoms with van der Waals surface area (Å²) in [6.07, 6.45) is 2.48. The fourth-order valence-electron chi connectivity index (χ4n) is 3.88. The monoisotopic (exact) mass is 460 g/mol. The summed E-state index contributed by atoms with van der Waals surface area (Å²) in [5, 5.41) is -0.142. The van der Waals surface area contributed by atoms with Crippen molar-refractivity contribution in [3.8, 4) is 0 Å². The molecule has 1 spiro atoms. The Kier molecular flexibility index (Phi) is 7.84. The van der Waals surface area contributed by atoms with Gasteiger partial charge in [0.15, 0.2) is 11.8 Å². The first-order valence-corrected chi connectivity index (χ1v) is 10.9. The predicted octanol–water partition coefficient (Wildman–Crippen LogP) is 1.85. The summed E-state index contributed by atoms with van der Waals surface area (Å²) in [5.74, 6) is 0. The summed E-state index contributed by atoms with van der Waals surface area (Å²) in [4.78, 5) is 26.3. The van der Waals surface area contributed by atoms with Gasteiger partial charge in [-0.25, -0.2) is 9.18 Å². The molecule has 0 radical (unpaired) electrons. The molecule has 9 nitrogen and oxygen atoms in total. The minimum Gasteiger partial charge on any atom is -0.452 e. The number of alkyl halides is 1. The van der Waals surface area contributed by atoms with Crippen molar-refractivity contribution in [1.29, 1.82) is 0 Å². The zero-order valence-corrected chi connectivity index (χ0v) is 18.6. The van der Waals surface area contributed by atoms with Gasteiger partial charge in [0, 0.05) is 37.7 Å². The normalized spacial score (nSPS) is 30.0. The van der Waals surface area contributed by atoms with E-state index in [1.54, 1.807) is 0 Å². The molecular weight excluding hydrogens is 431 g/mol. The molecule has 1 N–H and O–H groups in total. The molecule has 0 unspecified atom stereocenters. The summed E-state index contributed by atoms with van der Waals surface area (Å²) in [6.45, 7) is 3.63. The second kappa shape index (κ2) is 10.2. The Bertz CT molecular complexity index is 878. The summed E-state index contributed by atoms with van der Waals surface area (Å²) >= 11 is 5.08. The summed E-state index contributed by atoms with van der Waals surface area (Å²) in [5.41, 5.74) is -4.27. The second-order valence-corrected chi connectivity index (χ2v) is 8.13. The molecule has 4 atom stereocenters. The van der Waals surface area contributed by atoms with Crippen LogP contribution >= 0.6 is 12.2 Å². The van der Waals surface area contributed by atoms with Crippen LogP contribution in [0.1, 0.15) is 45.8 Å². The Hall–Kier alpha value is -1.82. The number of H-pyrrole nitrogens is 1. The molecule has 0 saturated carbocycles. The molecule has 0 amide bonds. The van der Waals surface area contributed by atoms with Gasteiger partial charge in [-0.2, -0.15) is 0 Å². The van der Waals surface area contributed by atoms with Crippen molar-refractivity contribution >= 4 is 17.5 Å². The molecule has 3 rings (SSSR count). The van der Waals surface area contributed by atoms with Crippen molar-refractivity contribution in [2.24, 2.45) is 0 Å². The number of unbranched alkanes of at least 4 members (excludes halogenated alkanes) is 2. The lowest BCUT2D eigenvalue weighted by Gasteiger charge is -2.35. The number of aromatic nitrogens is 2. The minimum absolute atomic E-state index is 0.102. The minimum atomic E-state index is -1.55. The molecule has 11 heteroatoms. The van der Waals surface area contributed by atoms with E-state index in [0.717, 1.165) is 30.3 Å². The molecule has 1 aromatic rings. The van der Waals surface area contributed by atoms with Crippen molar-refractivity contribution in [1.82, 2.24) is 9.55 Å². The van der Waals surface area contributed by atoms with E-state index in [-0.39, 0.29) is 18.5 Å². The first-order chi connectivity index (χ1) is 14.9. The van der Waals surface area contributed by atoms with Crippen LogP contribution in [0.25, 0.3) is 0 Å². The predicted molar refractivity (Wildman–Crippen MR) is 113 cm³/mol. The quantitative estimate of drug-likeness (QED) is 0.394. The van der Waals surface area contributed by atoms with Gasteiger partial charge >= 0.3 is 10.9 Å². The van der Waals surface area contributed by atoms with Crippen LogP contribution in [-0.2, 0) is 23.7 Å². The highest BCUT2D eigenvalue weighted by molar-refractivity contribution is 7.79. The van der Waals surface area contributed by atoms with Gasteiger partial charge in [0.2, 0.25) is 5.60 Å². The van der Waals surface area contributed by atoms with Crippen molar-refractivity contribution < 1.29 is 28.1 Å². The highest BCUT2D eigenvalue weighted by atomic mass is 32.1. The van der Waals surface area contributed by atoms with Gasteiger partial charge in [-0.05, 0) is 12.8 Å². The Morgan fingerprint density at radius 2 is 2.03 bits per heavy atom. The Labute approximate surface area is 184 Å². The molecule has 0 bridgehead atoms. The number of ether oxygens (including phenoxy) is 5. The van der Waals surface area contributed by atoms with Crippen LogP contribution in [0.15, 0.2) is 21.9 Å². The largest absolute Gasteiger partial charge is 0.452 e. The molecule has 2 aliphatic heterocycles. The number of rotatable bonds is 11. The lowest BCUT2D eigenvalue weighted by Crippen LogP contribution is -2.57. The molecule has 174 valence electrons. The number of halogens is 1. The third-order valence-electron chi connectivity index (χ3n) is 5.48. The smallest absolute Gasteiger partial charge is 0.353 e. The highest BCUT2D eigenvalue weighted by Gasteiger charge is 2.70. The molecule has 2 aliphatic rings. The van der Waals surface area contributed by atoms with Gasteiger partial charge < -0.3 is 23.7 Å². The van der Waals surface area contributed by atoms with Crippen LogP contribution in [0.5, 0.6) is 0 Å². The van der Waals surface area contributed by atoms with Crippen molar-refractivity contribution in [3.63, 3.8) is 0 Å². The maximum atomic E-state index is 14.6. The molecular formula is C20H29FN2O7S. The van der Waals surface area contributed by atoms with Crippen LogP contribution in [0.3, 0.4) is 0 Å². The Balaban J connectivity index is 2.04. The van der Waals surface area contributed by atoms with Crippen LogP contribution in [0, 0.1) is 0 Å². The van der Waals surface area contributed by atoms with Gasteiger partial charge in [-0.15, -0.1) is 0 Å². The van der Waals surface area contributed by atoms with Crippen molar-refractivity contribution in [3.05, 3.63) is 33.1 Å². The van der Waals surface area contributed by atoms with Gasteiger partial charge in [0.1, 0.15) is 19.4 Å². The third-order valence-corrected chi connectivity index (χ3v) is 5.68. The number of aromatic amines is 1. The van der Waals surface area contributed by atoms with Crippen LogP contribution < -0.4 is 11.2 Å². The fourth-order valence-corrected chi connectivity index (χ4v) is 4.09. The zero-order valence-electron chi connectivity index (χ0n) is 17.8. The van der Waals surface area contributed by atoms with Crippen molar-refractivity contribution in [2.45, 2.75) is 63.1 Å². The molecule has 31 heavy (non-hydrogen) atoms. The van der Waals surface area contributed by atoms with Crippen LogP contribution in [0.2, 0.25) is 0 Å². The third kappa shape index (κ3) is 4.69. The van der Waals surface area contributed by atoms with E-state index >= 15 is 0 Å². The number of hydrogen-bond acceptors (Lipinski definition) is 8. The SMILES string of the molecule is CCCCOC[C@@]1(CF)O[C@@H](n2ccc(=O)[nH]c2=O)[C@]2(COC(=S)O2)[C@@H]1OCCCC. The summed E-state index contributed by atoms with van der Waals surface area (Å²) in [7, 11) is 0. The maximum absolute atomic E-state index is 14.6. The van der Waals surface area contributed by atoms with E-state index in [1.807, 2.05) is 13.8 Å². The Morgan fingerprint density at radius 3 is 2.65 bits per heavy atom. The first kappa shape index (κ1) is 23.8. The van der Waals surface area contributed by atoms with Gasteiger partial charge in [0.05, 0.1) is 6.61 Å². The number of thiocarbonyl (C=S) groups is 1. The van der Waals surface area contributed by atoms with Crippen LogP contribution in [-0.4, -0.2) is 65.2 Å². The van der Waals surface area contributed by atoms with Gasteiger partial charge in [0.25, 0.3) is 5.56 Å². The van der Waals surface area contributed by atoms with E-state index in [9.17, 15) is 14.0 Å². The highest BCUT2D eigenvalue weighted by Crippen LogP contribution is 2.50. The fraction of sp³-hybridized carbons (Fsp3) is 0.750. The van der Waals surface area contributed by atoms with Crippen LogP contribution in [0.4, 0.5) is 4.39 Å². The molecule has 2 saturated heterocycles. The summed E-state index contributed by atoms with van der Waals surface area (Å²) in [6, 6.07) is 1.17. The standard InChI is InChI=1S/C20H29FN2O7S/c1-3-5-9-26-12-19(11-21)15(27-10-6-4-2)20(13-28-18(31)30-20)16(29-19)23-8-7-14(24)22-17(23)25/h7-8,15-16H,3-6,9-13H2,1-2H3,(H,22,24,25)/t15-,16-,19-,20+/m1/s1. The number of hydrogen-bond donors (Lipinski definition) is 1. The topological polar surface area (TPSA) is 101 Å². The Morgan fingerprint density at radius 1 is 1.29 bits per heavy atom. The number of nitrogens with zero attached hydrogens (tertiary/aromatic N) is 1. The summed E-state index contributed by atoms with van der Waals surface area (Å²) < 4.78 is 45.1. The van der Waals surface area contributed by atoms with Crippen molar-refractivity contribution in [2.75, 3.05) is 33.1 Å². The van der Waals surface area contributed by atoms with E-state index in [2.05, 4.69) is 4.98 Å². The average Bonchev–Trinajstić information content (AvgIpc) is 3.25. The lowest BCUT2D eigenvalue weighted by atomic mass is 9.87. The second-order valence-electron chi connectivity index (χ2n) is 7.79. The molecule has 0 aromatic carbocycles. The van der Waals surface area contributed by atoms with E-state index in [4.69, 9.17) is 35.9 Å². The zero-order chi connectivity index (χ0) is 22.5. The van der Waals surface area contributed by atoms with E-state index < -0.39 is 41.5 Å². The maximum Gasteiger partial charge on any atom is 0.353 e. The molecule has 1 aromatic heterocycles. The van der Waals surface area contributed by atoms with E-state index in [0.29, 0.717) is 13.2 Å². The lowest BCUT2D eigenvalue weighted by molar-refractivity contribution is -0.161. The number of nitrogens with one attached hydrogen (secondary N) is 1. The average molecular weight is 461 g/mol. The van der Waals surface area contributed by atoms with Gasteiger partial charge in [-0.1, -0.05) is 26.7 Å². The molecule has 0 aliphatic carbocycles. The first-order valence-electron chi connectivity index (χ1n) is 10.5. The van der Waals surface area contributed by atoms with E-state index in [1.165, 1.54) is 12.3 Å². The van der Waals surface area contributed by atoms with Gasteiger partial charge in [-0.3, -0.25) is 14.3 Å².